The summed E-state index contributed by atoms with van der Waals surface area (Å²) in [4.78, 5) is 12.3. The summed E-state index contributed by atoms with van der Waals surface area (Å²) >= 11 is 0. The molecule has 0 bridgehead atoms. The van der Waals surface area contributed by atoms with Crippen molar-refractivity contribution in [3.63, 3.8) is 0 Å². The van der Waals surface area contributed by atoms with E-state index in [0.29, 0.717) is 10.8 Å². The van der Waals surface area contributed by atoms with E-state index in [1.54, 1.807) is 0 Å². The lowest BCUT2D eigenvalue weighted by molar-refractivity contribution is -0.169. The number of hydrogen-bond acceptors (Lipinski definition) is 2. The highest BCUT2D eigenvalue weighted by Crippen LogP contribution is 2.66. The van der Waals surface area contributed by atoms with Crippen molar-refractivity contribution in [2.24, 2.45) is 39.9 Å². The zero-order valence-electron chi connectivity index (χ0n) is 17.8. The van der Waals surface area contributed by atoms with E-state index in [9.17, 15) is 4.79 Å². The van der Waals surface area contributed by atoms with E-state index in [1.807, 2.05) is 20.8 Å². The lowest BCUT2D eigenvalue weighted by Crippen LogP contribution is -2.53. The second-order valence-electron chi connectivity index (χ2n) is 11.8. The van der Waals surface area contributed by atoms with E-state index < -0.39 is 0 Å². The molecule has 4 aliphatic rings. The summed E-state index contributed by atoms with van der Waals surface area (Å²) in [5.41, 5.74) is 0.774. The third-order valence-corrected chi connectivity index (χ3v) is 9.28. The van der Waals surface area contributed by atoms with Gasteiger partial charge >= 0.3 is 5.97 Å². The maximum Gasteiger partial charge on any atom is 0.311 e. The van der Waals surface area contributed by atoms with E-state index in [-0.39, 0.29) is 17.5 Å². The largest absolute Gasteiger partial charge is 0.462 e. The average Bonchev–Trinajstić information content (AvgIpc) is 2.96. The van der Waals surface area contributed by atoms with Crippen molar-refractivity contribution in [3.05, 3.63) is 0 Å². The highest BCUT2D eigenvalue weighted by Gasteiger charge is 2.58. The molecule has 0 heterocycles. The van der Waals surface area contributed by atoms with Gasteiger partial charge < -0.3 is 4.74 Å². The smallest absolute Gasteiger partial charge is 0.311 e. The fourth-order valence-electron chi connectivity index (χ4n) is 7.65. The van der Waals surface area contributed by atoms with Crippen LogP contribution >= 0.6 is 0 Å². The number of carbonyl (C=O) groups is 1. The van der Waals surface area contributed by atoms with Crippen molar-refractivity contribution in [2.45, 2.75) is 105 Å². The third kappa shape index (κ3) is 2.94. The van der Waals surface area contributed by atoms with Gasteiger partial charge in [0.1, 0.15) is 6.10 Å². The Morgan fingerprint density at radius 3 is 2.42 bits per heavy atom. The zero-order valence-corrected chi connectivity index (χ0v) is 17.8. The molecule has 1 unspecified atom stereocenters. The van der Waals surface area contributed by atoms with E-state index in [2.05, 4.69) is 13.8 Å². The second-order valence-corrected chi connectivity index (χ2v) is 11.8. The summed E-state index contributed by atoms with van der Waals surface area (Å²) in [5.74, 6) is 3.65. The number of hydrogen-bond donors (Lipinski definition) is 0. The van der Waals surface area contributed by atoms with Gasteiger partial charge in [-0.1, -0.05) is 20.3 Å². The highest BCUT2D eigenvalue weighted by atomic mass is 16.5. The Kier molecular flexibility index (Phi) is 4.52. The van der Waals surface area contributed by atoms with Gasteiger partial charge in [0.25, 0.3) is 0 Å². The van der Waals surface area contributed by atoms with Crippen LogP contribution in [-0.4, -0.2) is 12.1 Å². The number of rotatable bonds is 1. The molecule has 0 radical (unpaired) electrons. The molecule has 0 aromatic heterocycles. The normalized spacial score (nSPS) is 48.3. The molecule has 0 aromatic rings. The standard InChI is InChI=1S/C24H40O2/c1-22(2,3)21(25)26-17-10-14-24(5)16(15-17)8-9-18-19-7-6-12-23(19,4)13-11-20(18)24/h16-20H,6-15H2,1-5H3/t16?,17-,18-,19-,20-,23-,24-/m0/s1. The molecular formula is C24H40O2. The van der Waals surface area contributed by atoms with Gasteiger partial charge in [-0.2, -0.15) is 0 Å². The molecule has 0 N–H and O–H groups in total. The lowest BCUT2D eigenvalue weighted by Gasteiger charge is -2.60. The Morgan fingerprint density at radius 2 is 1.69 bits per heavy atom. The summed E-state index contributed by atoms with van der Waals surface area (Å²) in [5, 5.41) is 0. The van der Waals surface area contributed by atoms with Crippen molar-refractivity contribution >= 4 is 5.97 Å². The predicted octanol–water partition coefficient (Wildman–Crippen LogP) is 6.38. The van der Waals surface area contributed by atoms with Gasteiger partial charge in [-0.3, -0.25) is 4.79 Å². The number of carbonyl (C=O) groups excluding carboxylic acids is 1. The monoisotopic (exact) mass is 360 g/mol. The fourth-order valence-corrected chi connectivity index (χ4v) is 7.65. The van der Waals surface area contributed by atoms with Crippen LogP contribution in [0.25, 0.3) is 0 Å². The van der Waals surface area contributed by atoms with Crippen molar-refractivity contribution in [1.82, 2.24) is 0 Å². The molecule has 4 rings (SSSR count). The average molecular weight is 361 g/mol. The Bertz CT molecular complexity index is 561. The first-order valence-corrected chi connectivity index (χ1v) is 11.3. The Balaban J connectivity index is 1.46. The van der Waals surface area contributed by atoms with Crippen LogP contribution in [0.15, 0.2) is 0 Å². The van der Waals surface area contributed by atoms with Crippen molar-refractivity contribution < 1.29 is 9.53 Å². The zero-order chi connectivity index (χ0) is 18.7. The maximum absolute atomic E-state index is 12.3. The maximum atomic E-state index is 12.3. The molecule has 7 atom stereocenters. The van der Waals surface area contributed by atoms with Crippen LogP contribution in [0.5, 0.6) is 0 Å². The number of ether oxygens (including phenoxy) is 1. The molecule has 0 amide bonds. The lowest BCUT2D eigenvalue weighted by atomic mass is 9.45. The van der Waals surface area contributed by atoms with Crippen LogP contribution < -0.4 is 0 Å². The summed E-state index contributed by atoms with van der Waals surface area (Å²) in [6.45, 7) is 11.1. The first kappa shape index (κ1) is 18.8. The third-order valence-electron chi connectivity index (χ3n) is 9.28. The topological polar surface area (TPSA) is 26.3 Å². The molecule has 148 valence electrons. The van der Waals surface area contributed by atoms with Gasteiger partial charge in [0.05, 0.1) is 5.41 Å². The van der Waals surface area contributed by atoms with E-state index >= 15 is 0 Å². The molecule has 0 saturated heterocycles. The van der Waals surface area contributed by atoms with Crippen LogP contribution in [0.1, 0.15) is 98.8 Å². The van der Waals surface area contributed by atoms with Crippen LogP contribution in [0, 0.1) is 39.9 Å². The molecule has 4 aliphatic carbocycles. The van der Waals surface area contributed by atoms with E-state index in [0.717, 1.165) is 36.5 Å². The molecule has 2 heteroatoms. The van der Waals surface area contributed by atoms with Crippen LogP contribution in [0.2, 0.25) is 0 Å². The minimum Gasteiger partial charge on any atom is -0.462 e. The molecule has 2 nitrogen and oxygen atoms in total. The van der Waals surface area contributed by atoms with Crippen LogP contribution in [0.4, 0.5) is 0 Å². The summed E-state index contributed by atoms with van der Waals surface area (Å²) in [6, 6.07) is 0. The summed E-state index contributed by atoms with van der Waals surface area (Å²) in [6.07, 6.45) is 13.8. The van der Waals surface area contributed by atoms with Crippen LogP contribution in [0.3, 0.4) is 0 Å². The van der Waals surface area contributed by atoms with Gasteiger partial charge in [-0.05, 0) is 113 Å². The second kappa shape index (κ2) is 6.24. The van der Waals surface area contributed by atoms with Crippen LogP contribution in [-0.2, 0) is 9.53 Å². The first-order valence-electron chi connectivity index (χ1n) is 11.3. The molecule has 4 saturated carbocycles. The molecule has 0 spiro atoms. The highest BCUT2D eigenvalue weighted by molar-refractivity contribution is 5.75. The van der Waals surface area contributed by atoms with Crippen molar-refractivity contribution in [2.75, 3.05) is 0 Å². The first-order chi connectivity index (χ1) is 12.1. The Labute approximate surface area is 160 Å². The van der Waals surface area contributed by atoms with Gasteiger partial charge in [-0.25, -0.2) is 0 Å². The van der Waals surface area contributed by atoms with E-state index in [4.69, 9.17) is 4.74 Å². The molecular weight excluding hydrogens is 320 g/mol. The molecule has 0 aliphatic heterocycles. The van der Waals surface area contributed by atoms with Crippen molar-refractivity contribution in [3.8, 4) is 0 Å². The fraction of sp³-hybridized carbons (Fsp3) is 0.958. The summed E-state index contributed by atoms with van der Waals surface area (Å²) in [7, 11) is 0. The minimum absolute atomic E-state index is 0.0147. The predicted molar refractivity (Wildman–Crippen MR) is 106 cm³/mol. The van der Waals surface area contributed by atoms with E-state index in [1.165, 1.54) is 51.4 Å². The van der Waals surface area contributed by atoms with Gasteiger partial charge in [0.15, 0.2) is 0 Å². The Morgan fingerprint density at radius 1 is 0.923 bits per heavy atom. The van der Waals surface area contributed by atoms with Gasteiger partial charge in [0.2, 0.25) is 0 Å². The SMILES string of the molecule is CC(C)(C)C(=O)O[C@H]1CC[C@@]2(C)C(CC[C@H]3[C@@H]4CCC[C@@]4(C)CC[C@@H]32)C1. The minimum atomic E-state index is -0.380. The quantitative estimate of drug-likeness (QED) is 0.507. The van der Waals surface area contributed by atoms with Crippen molar-refractivity contribution in [1.29, 1.82) is 0 Å². The molecule has 26 heavy (non-hydrogen) atoms. The molecule has 0 aromatic carbocycles. The number of fused-ring (bicyclic) bond motifs is 5. The van der Waals surface area contributed by atoms with Gasteiger partial charge in [-0.15, -0.1) is 0 Å². The van der Waals surface area contributed by atoms with Gasteiger partial charge in [0, 0.05) is 0 Å². The molecule has 4 fully saturated rings. The number of esters is 1. The summed E-state index contributed by atoms with van der Waals surface area (Å²) < 4.78 is 5.93. The Hall–Kier alpha value is -0.530.